The third kappa shape index (κ3) is 3.64. The second kappa shape index (κ2) is 7.28. The molecule has 2 nitrogen and oxygen atoms in total. The van der Waals surface area contributed by atoms with Gasteiger partial charge in [-0.2, -0.15) is 0 Å². The zero-order valence-corrected chi connectivity index (χ0v) is 13.6. The number of hydrogen-bond acceptors (Lipinski definition) is 2. The Kier molecular flexibility index (Phi) is 5.40. The van der Waals surface area contributed by atoms with Crippen molar-refractivity contribution in [1.29, 1.82) is 0 Å². The van der Waals surface area contributed by atoms with Crippen molar-refractivity contribution in [2.24, 2.45) is 0 Å². The van der Waals surface area contributed by atoms with Crippen molar-refractivity contribution < 1.29 is 0 Å². The van der Waals surface area contributed by atoms with Gasteiger partial charge in [-0.15, -0.1) is 0 Å². The van der Waals surface area contributed by atoms with Gasteiger partial charge in [-0.05, 0) is 62.2 Å². The summed E-state index contributed by atoms with van der Waals surface area (Å²) in [6.07, 6.45) is 0. The van der Waals surface area contributed by atoms with E-state index in [0.717, 1.165) is 19.6 Å². The van der Waals surface area contributed by atoms with Crippen molar-refractivity contribution >= 4 is 11.4 Å². The van der Waals surface area contributed by atoms with Crippen LogP contribution in [-0.4, -0.2) is 13.1 Å². The number of nitrogens with zero attached hydrogens (tertiary/aromatic N) is 1. The Labute approximate surface area is 128 Å². The van der Waals surface area contributed by atoms with Gasteiger partial charge in [-0.1, -0.05) is 31.2 Å². The maximum atomic E-state index is 3.40. The highest BCUT2D eigenvalue weighted by Crippen LogP contribution is 2.29. The molecule has 0 unspecified atom stereocenters. The summed E-state index contributed by atoms with van der Waals surface area (Å²) in [6, 6.07) is 15.3. The van der Waals surface area contributed by atoms with Gasteiger partial charge in [0.25, 0.3) is 0 Å². The molecule has 0 fully saturated rings. The van der Waals surface area contributed by atoms with Crippen LogP contribution in [0.15, 0.2) is 42.5 Å². The largest absolute Gasteiger partial charge is 0.342 e. The van der Waals surface area contributed by atoms with Crippen molar-refractivity contribution in [2.75, 3.05) is 18.0 Å². The van der Waals surface area contributed by atoms with E-state index in [-0.39, 0.29) is 0 Å². The minimum absolute atomic E-state index is 0.944. The standard InChI is InChI=1S/C19H26N2/c1-5-20-14-17-11-12-18(13-16(17)4)21(6-2)19-10-8-7-9-15(19)3/h7-13,20H,5-6,14H2,1-4H3. The summed E-state index contributed by atoms with van der Waals surface area (Å²) in [5, 5.41) is 3.40. The second-order valence-corrected chi connectivity index (χ2v) is 5.42. The van der Waals surface area contributed by atoms with Gasteiger partial charge < -0.3 is 10.2 Å². The molecule has 0 aliphatic rings. The van der Waals surface area contributed by atoms with Gasteiger partial charge in [0.05, 0.1) is 0 Å². The molecule has 2 rings (SSSR count). The Morgan fingerprint density at radius 1 is 0.952 bits per heavy atom. The molecule has 0 heterocycles. The predicted octanol–water partition coefficient (Wildman–Crippen LogP) is 4.57. The van der Waals surface area contributed by atoms with Gasteiger partial charge >= 0.3 is 0 Å². The minimum Gasteiger partial charge on any atom is -0.342 e. The van der Waals surface area contributed by atoms with E-state index >= 15 is 0 Å². The van der Waals surface area contributed by atoms with Crippen LogP contribution in [0.4, 0.5) is 11.4 Å². The minimum atomic E-state index is 0.944. The lowest BCUT2D eigenvalue weighted by atomic mass is 10.1. The lowest BCUT2D eigenvalue weighted by Gasteiger charge is -2.26. The summed E-state index contributed by atoms with van der Waals surface area (Å²) in [5.74, 6) is 0. The lowest BCUT2D eigenvalue weighted by Crippen LogP contribution is -2.18. The van der Waals surface area contributed by atoms with Gasteiger partial charge in [-0.3, -0.25) is 0 Å². The Bertz CT molecular complexity index is 590. The molecule has 0 aliphatic carbocycles. The summed E-state index contributed by atoms with van der Waals surface area (Å²) >= 11 is 0. The third-order valence-electron chi connectivity index (χ3n) is 3.93. The fourth-order valence-electron chi connectivity index (χ4n) is 2.66. The first-order valence-corrected chi connectivity index (χ1v) is 7.80. The number of para-hydroxylation sites is 1. The number of anilines is 2. The first-order chi connectivity index (χ1) is 10.2. The Hall–Kier alpha value is -1.80. The average molecular weight is 282 g/mol. The monoisotopic (exact) mass is 282 g/mol. The van der Waals surface area contributed by atoms with Crippen molar-refractivity contribution in [3.05, 3.63) is 59.2 Å². The van der Waals surface area contributed by atoms with Crippen molar-refractivity contribution in [2.45, 2.75) is 34.2 Å². The molecular weight excluding hydrogens is 256 g/mol. The van der Waals surface area contributed by atoms with Crippen LogP contribution in [0.25, 0.3) is 0 Å². The molecule has 0 aliphatic heterocycles. The first kappa shape index (κ1) is 15.6. The van der Waals surface area contributed by atoms with Gasteiger partial charge in [0.2, 0.25) is 0 Å². The quantitative estimate of drug-likeness (QED) is 0.835. The Morgan fingerprint density at radius 2 is 1.71 bits per heavy atom. The molecule has 1 N–H and O–H groups in total. The zero-order valence-electron chi connectivity index (χ0n) is 13.6. The van der Waals surface area contributed by atoms with E-state index in [1.165, 1.54) is 28.1 Å². The third-order valence-corrected chi connectivity index (χ3v) is 3.93. The molecule has 0 spiro atoms. The van der Waals surface area contributed by atoms with E-state index < -0.39 is 0 Å². The number of nitrogens with one attached hydrogen (secondary N) is 1. The number of aryl methyl sites for hydroxylation is 2. The molecular formula is C19H26N2. The molecule has 0 atom stereocenters. The van der Waals surface area contributed by atoms with Crippen LogP contribution in [-0.2, 0) is 6.54 Å². The molecule has 0 bridgehead atoms. The zero-order chi connectivity index (χ0) is 15.2. The second-order valence-electron chi connectivity index (χ2n) is 5.42. The van der Waals surface area contributed by atoms with Crippen LogP contribution in [0.3, 0.4) is 0 Å². The lowest BCUT2D eigenvalue weighted by molar-refractivity contribution is 0.723. The predicted molar refractivity (Wildman–Crippen MR) is 92.4 cm³/mol. The molecule has 0 radical (unpaired) electrons. The maximum absolute atomic E-state index is 3.40. The maximum Gasteiger partial charge on any atom is 0.0440 e. The van der Waals surface area contributed by atoms with Gasteiger partial charge in [0, 0.05) is 24.5 Å². The summed E-state index contributed by atoms with van der Waals surface area (Å²) in [6.45, 7) is 11.6. The molecule has 21 heavy (non-hydrogen) atoms. The highest BCUT2D eigenvalue weighted by atomic mass is 15.1. The van der Waals surface area contributed by atoms with Crippen molar-refractivity contribution in [1.82, 2.24) is 5.32 Å². The van der Waals surface area contributed by atoms with E-state index in [1.807, 2.05) is 0 Å². The summed E-state index contributed by atoms with van der Waals surface area (Å²) in [5.41, 5.74) is 6.60. The van der Waals surface area contributed by atoms with Crippen LogP contribution in [0, 0.1) is 13.8 Å². The highest BCUT2D eigenvalue weighted by molar-refractivity contribution is 5.67. The molecule has 2 heteroatoms. The smallest absolute Gasteiger partial charge is 0.0440 e. The summed E-state index contributed by atoms with van der Waals surface area (Å²) in [4.78, 5) is 2.37. The van der Waals surface area contributed by atoms with Gasteiger partial charge in [0.15, 0.2) is 0 Å². The van der Waals surface area contributed by atoms with E-state index in [0.29, 0.717) is 0 Å². The van der Waals surface area contributed by atoms with Crippen molar-refractivity contribution in [3.8, 4) is 0 Å². The highest BCUT2D eigenvalue weighted by Gasteiger charge is 2.10. The summed E-state index contributed by atoms with van der Waals surface area (Å²) in [7, 11) is 0. The average Bonchev–Trinajstić information content (AvgIpc) is 2.49. The topological polar surface area (TPSA) is 15.3 Å². The SMILES string of the molecule is CCNCc1ccc(N(CC)c2ccccc2C)cc1C. The van der Waals surface area contributed by atoms with Gasteiger partial charge in [-0.25, -0.2) is 0 Å². The van der Waals surface area contributed by atoms with Crippen molar-refractivity contribution in [3.63, 3.8) is 0 Å². The van der Waals surface area contributed by atoms with E-state index in [2.05, 4.69) is 80.4 Å². The molecule has 2 aromatic carbocycles. The molecule has 2 aromatic rings. The number of rotatable bonds is 6. The first-order valence-electron chi connectivity index (χ1n) is 7.80. The normalized spacial score (nSPS) is 10.7. The number of hydrogen-bond donors (Lipinski definition) is 1. The fraction of sp³-hybridized carbons (Fsp3) is 0.368. The molecule has 0 saturated heterocycles. The van der Waals surface area contributed by atoms with Crippen LogP contribution >= 0.6 is 0 Å². The molecule has 0 aromatic heterocycles. The summed E-state index contributed by atoms with van der Waals surface area (Å²) < 4.78 is 0. The molecule has 0 amide bonds. The number of benzene rings is 2. The van der Waals surface area contributed by atoms with E-state index in [4.69, 9.17) is 0 Å². The van der Waals surface area contributed by atoms with Crippen LogP contribution in [0.5, 0.6) is 0 Å². The molecule has 112 valence electrons. The molecule has 0 saturated carbocycles. The van der Waals surface area contributed by atoms with Crippen LogP contribution in [0.1, 0.15) is 30.5 Å². The Balaban J connectivity index is 2.31. The van der Waals surface area contributed by atoms with E-state index in [9.17, 15) is 0 Å². The fourth-order valence-corrected chi connectivity index (χ4v) is 2.66. The Morgan fingerprint density at radius 3 is 2.33 bits per heavy atom. The van der Waals surface area contributed by atoms with Crippen LogP contribution in [0.2, 0.25) is 0 Å². The van der Waals surface area contributed by atoms with Crippen LogP contribution < -0.4 is 10.2 Å². The van der Waals surface area contributed by atoms with E-state index in [1.54, 1.807) is 0 Å². The van der Waals surface area contributed by atoms with Gasteiger partial charge in [0.1, 0.15) is 0 Å².